The van der Waals surface area contributed by atoms with Crippen molar-refractivity contribution in [3.63, 3.8) is 0 Å². The molecule has 2 aromatic carbocycles. The molecule has 0 saturated heterocycles. The van der Waals surface area contributed by atoms with Crippen molar-refractivity contribution in [2.75, 3.05) is 6.61 Å². The van der Waals surface area contributed by atoms with E-state index in [1.165, 1.54) is 18.3 Å². The van der Waals surface area contributed by atoms with Gasteiger partial charge in [-0.15, -0.1) is 0 Å². The van der Waals surface area contributed by atoms with E-state index < -0.39 is 10.8 Å². The molecule has 2 aromatic rings. The van der Waals surface area contributed by atoms with Gasteiger partial charge in [-0.2, -0.15) is 5.10 Å². The Morgan fingerprint density at radius 2 is 2.04 bits per heavy atom. The van der Waals surface area contributed by atoms with E-state index >= 15 is 0 Å². The molecule has 0 radical (unpaired) electrons. The third-order valence-corrected chi connectivity index (χ3v) is 3.46. The van der Waals surface area contributed by atoms with Crippen molar-refractivity contribution in [1.29, 1.82) is 0 Å². The lowest BCUT2D eigenvalue weighted by Crippen LogP contribution is -2.17. The summed E-state index contributed by atoms with van der Waals surface area (Å²) in [5.74, 6) is 0.289. The molecule has 8 heteroatoms. The van der Waals surface area contributed by atoms with Crippen LogP contribution in [0.5, 0.6) is 5.75 Å². The number of carbonyl (C=O) groups is 1. The van der Waals surface area contributed by atoms with E-state index in [2.05, 4.69) is 10.5 Å². The van der Waals surface area contributed by atoms with Gasteiger partial charge in [0.15, 0.2) is 0 Å². The Morgan fingerprint density at radius 1 is 1.32 bits per heavy atom. The molecule has 0 unspecified atom stereocenters. The molecular weight excluding hydrogens is 346 g/mol. The summed E-state index contributed by atoms with van der Waals surface area (Å²) in [6.07, 6.45) is 2.21. The van der Waals surface area contributed by atoms with Crippen molar-refractivity contribution in [3.05, 3.63) is 68.7 Å². The van der Waals surface area contributed by atoms with Crippen LogP contribution in [0, 0.1) is 10.1 Å². The number of nitrogens with one attached hydrogen (secondary N) is 1. The fourth-order valence-corrected chi connectivity index (χ4v) is 2.09. The first-order valence-electron chi connectivity index (χ1n) is 7.51. The van der Waals surface area contributed by atoms with Crippen LogP contribution in [0.2, 0.25) is 5.02 Å². The maximum atomic E-state index is 12.0. The summed E-state index contributed by atoms with van der Waals surface area (Å²) < 4.78 is 5.44. The smallest absolute Gasteiger partial charge is 0.288 e. The molecule has 7 nitrogen and oxygen atoms in total. The maximum Gasteiger partial charge on any atom is 0.288 e. The molecule has 0 heterocycles. The van der Waals surface area contributed by atoms with Crippen LogP contribution in [0.3, 0.4) is 0 Å². The minimum Gasteiger partial charge on any atom is -0.494 e. The summed E-state index contributed by atoms with van der Waals surface area (Å²) in [6, 6.07) is 10.9. The standard InChI is InChI=1S/C17H16ClN3O4/c1-2-9-25-14-6-4-13(5-7-14)17(22)20-19-11-12-3-8-15(18)16(10-12)21(23)24/h3-8,10-11H,2,9H2,1H3,(H,20,22)/b19-11-. The largest absolute Gasteiger partial charge is 0.494 e. The normalized spacial score (nSPS) is 10.6. The number of nitrogens with zero attached hydrogens (tertiary/aromatic N) is 2. The second-order valence-corrected chi connectivity index (χ2v) is 5.45. The Labute approximate surface area is 149 Å². The molecule has 0 aliphatic heterocycles. The van der Waals surface area contributed by atoms with Gasteiger partial charge in [-0.1, -0.05) is 24.6 Å². The van der Waals surface area contributed by atoms with Crippen LogP contribution >= 0.6 is 11.6 Å². The third kappa shape index (κ3) is 5.29. The second kappa shape index (κ2) is 8.79. The van der Waals surface area contributed by atoms with Crippen molar-refractivity contribution in [3.8, 4) is 5.75 Å². The van der Waals surface area contributed by atoms with Gasteiger partial charge in [0.05, 0.1) is 17.7 Å². The first kappa shape index (κ1) is 18.4. The molecule has 0 aromatic heterocycles. The van der Waals surface area contributed by atoms with E-state index in [9.17, 15) is 14.9 Å². The second-order valence-electron chi connectivity index (χ2n) is 5.04. The van der Waals surface area contributed by atoms with Gasteiger partial charge >= 0.3 is 0 Å². The number of nitro groups is 1. The van der Waals surface area contributed by atoms with Crippen molar-refractivity contribution >= 4 is 29.4 Å². The molecule has 0 fully saturated rings. The van der Waals surface area contributed by atoms with Gasteiger partial charge in [-0.3, -0.25) is 14.9 Å². The fraction of sp³-hybridized carbons (Fsp3) is 0.176. The summed E-state index contributed by atoms with van der Waals surface area (Å²) in [4.78, 5) is 22.2. The fourth-order valence-electron chi connectivity index (χ4n) is 1.90. The first-order chi connectivity index (χ1) is 12.0. The molecule has 0 saturated carbocycles. The lowest BCUT2D eigenvalue weighted by Gasteiger charge is -2.05. The number of ether oxygens (including phenoxy) is 1. The minimum atomic E-state index is -0.583. The molecule has 0 atom stereocenters. The molecule has 1 amide bonds. The molecule has 0 bridgehead atoms. The number of hydrogen-bond acceptors (Lipinski definition) is 5. The summed E-state index contributed by atoms with van der Waals surface area (Å²) in [5.41, 5.74) is 3.00. The van der Waals surface area contributed by atoms with Crippen LogP contribution in [0.25, 0.3) is 0 Å². The van der Waals surface area contributed by atoms with Gasteiger partial charge in [-0.25, -0.2) is 5.43 Å². The van der Waals surface area contributed by atoms with Crippen molar-refractivity contribution in [2.24, 2.45) is 5.10 Å². The van der Waals surface area contributed by atoms with Crippen LogP contribution in [-0.4, -0.2) is 23.7 Å². The number of amides is 1. The highest BCUT2D eigenvalue weighted by Gasteiger charge is 2.12. The lowest BCUT2D eigenvalue weighted by molar-refractivity contribution is -0.384. The number of rotatable bonds is 7. The Balaban J connectivity index is 1.98. The average Bonchev–Trinajstić information content (AvgIpc) is 2.61. The predicted molar refractivity (Wildman–Crippen MR) is 95.4 cm³/mol. The summed E-state index contributed by atoms with van der Waals surface area (Å²) in [7, 11) is 0. The van der Waals surface area contributed by atoms with Crippen LogP contribution in [0.15, 0.2) is 47.6 Å². The average molecular weight is 362 g/mol. The van der Waals surface area contributed by atoms with Gasteiger partial charge in [0.25, 0.3) is 11.6 Å². The monoisotopic (exact) mass is 361 g/mol. The zero-order valence-corrected chi connectivity index (χ0v) is 14.2. The maximum absolute atomic E-state index is 12.0. The van der Waals surface area contributed by atoms with Crippen LogP contribution in [0.1, 0.15) is 29.3 Å². The molecule has 0 aliphatic carbocycles. The van der Waals surface area contributed by atoms with E-state index in [4.69, 9.17) is 16.3 Å². The van der Waals surface area contributed by atoms with Gasteiger partial charge in [0.1, 0.15) is 10.8 Å². The molecular formula is C17H16ClN3O4. The van der Waals surface area contributed by atoms with Crippen molar-refractivity contribution in [1.82, 2.24) is 5.43 Å². The molecule has 1 N–H and O–H groups in total. The topological polar surface area (TPSA) is 93.8 Å². The molecule has 2 rings (SSSR count). The Hall–Kier alpha value is -2.93. The zero-order valence-electron chi connectivity index (χ0n) is 13.4. The Kier molecular flexibility index (Phi) is 6.47. The van der Waals surface area contributed by atoms with Gasteiger partial charge in [0.2, 0.25) is 0 Å². The number of nitro benzene ring substituents is 1. The number of benzene rings is 2. The van der Waals surface area contributed by atoms with Crippen LogP contribution in [-0.2, 0) is 0 Å². The number of hydrogen-bond donors (Lipinski definition) is 1. The lowest BCUT2D eigenvalue weighted by atomic mass is 10.2. The van der Waals surface area contributed by atoms with Gasteiger partial charge in [-0.05, 0) is 36.8 Å². The quantitative estimate of drug-likeness (QED) is 0.461. The highest BCUT2D eigenvalue weighted by Crippen LogP contribution is 2.24. The van der Waals surface area contributed by atoms with Gasteiger partial charge < -0.3 is 4.74 Å². The number of carbonyl (C=O) groups excluding carboxylic acids is 1. The highest BCUT2D eigenvalue weighted by molar-refractivity contribution is 6.32. The van der Waals surface area contributed by atoms with E-state index in [1.807, 2.05) is 6.92 Å². The Bertz CT molecular complexity index is 791. The molecule has 25 heavy (non-hydrogen) atoms. The first-order valence-corrected chi connectivity index (χ1v) is 7.89. The zero-order chi connectivity index (χ0) is 18.2. The van der Waals surface area contributed by atoms with E-state index in [0.29, 0.717) is 23.5 Å². The SMILES string of the molecule is CCCOc1ccc(C(=O)N/N=C\c2ccc(Cl)c([N+](=O)[O-])c2)cc1. The molecule has 0 spiro atoms. The van der Waals surface area contributed by atoms with Crippen molar-refractivity contribution < 1.29 is 14.5 Å². The molecule has 130 valence electrons. The van der Waals surface area contributed by atoms with E-state index in [-0.39, 0.29) is 10.7 Å². The Morgan fingerprint density at radius 3 is 2.68 bits per heavy atom. The highest BCUT2D eigenvalue weighted by atomic mass is 35.5. The van der Waals surface area contributed by atoms with Crippen LogP contribution in [0.4, 0.5) is 5.69 Å². The summed E-state index contributed by atoms with van der Waals surface area (Å²) >= 11 is 5.73. The number of halogens is 1. The van der Waals surface area contributed by atoms with Crippen LogP contribution < -0.4 is 10.2 Å². The van der Waals surface area contributed by atoms with Gasteiger partial charge in [0, 0.05) is 17.2 Å². The summed E-state index contributed by atoms with van der Waals surface area (Å²) in [6.45, 7) is 2.62. The van der Waals surface area contributed by atoms with E-state index in [1.54, 1.807) is 30.3 Å². The molecule has 0 aliphatic rings. The van der Waals surface area contributed by atoms with E-state index in [0.717, 1.165) is 6.42 Å². The number of hydrazone groups is 1. The predicted octanol–water partition coefficient (Wildman–Crippen LogP) is 3.80. The third-order valence-electron chi connectivity index (χ3n) is 3.14. The van der Waals surface area contributed by atoms with Crippen molar-refractivity contribution in [2.45, 2.75) is 13.3 Å². The summed E-state index contributed by atoms with van der Waals surface area (Å²) in [5, 5.41) is 14.7. The minimum absolute atomic E-state index is 0.0385.